The molecule has 1 saturated carbocycles. The van der Waals surface area contributed by atoms with E-state index in [1.807, 2.05) is 6.92 Å². The number of nitrogens with one attached hydrogen (secondary N) is 2. The van der Waals surface area contributed by atoms with Crippen molar-refractivity contribution in [3.63, 3.8) is 0 Å². The van der Waals surface area contributed by atoms with E-state index in [9.17, 15) is 18.0 Å². The van der Waals surface area contributed by atoms with E-state index in [1.54, 1.807) is 28.8 Å². The summed E-state index contributed by atoms with van der Waals surface area (Å²) < 4.78 is 30.9. The molecule has 0 aliphatic heterocycles. The Morgan fingerprint density at radius 1 is 1.21 bits per heavy atom. The number of sulfonamides is 1. The predicted octanol–water partition coefficient (Wildman–Crippen LogP) is 0.837. The summed E-state index contributed by atoms with van der Waals surface area (Å²) in [5.41, 5.74) is -0.564. The van der Waals surface area contributed by atoms with Crippen LogP contribution in [-0.4, -0.2) is 34.1 Å². The fraction of sp³-hybridized carbons (Fsp3) is 0.421. The number of hydrogen-bond donors (Lipinski definition) is 2. The summed E-state index contributed by atoms with van der Waals surface area (Å²) in [6.07, 6.45) is 4.21. The van der Waals surface area contributed by atoms with Crippen LogP contribution in [0, 0.1) is 5.92 Å². The SMILES string of the molecule is CCc1ncc(S(=O)(=O)NCCn2c(=O)[nH]c3ccccc3c2=O)n1CC1CC1. The summed E-state index contributed by atoms with van der Waals surface area (Å²) in [5.74, 6) is 1.23. The fourth-order valence-corrected chi connectivity index (χ4v) is 4.58. The monoisotopic (exact) mass is 417 g/mol. The van der Waals surface area contributed by atoms with Crippen LogP contribution in [0.4, 0.5) is 0 Å². The topological polar surface area (TPSA) is 119 Å². The molecule has 0 saturated heterocycles. The van der Waals surface area contributed by atoms with Gasteiger partial charge in [-0.3, -0.25) is 9.36 Å². The quantitative estimate of drug-likeness (QED) is 0.563. The van der Waals surface area contributed by atoms with Crippen molar-refractivity contribution in [3.8, 4) is 0 Å². The Bertz CT molecular complexity index is 1270. The molecule has 0 unspecified atom stereocenters. The molecule has 2 N–H and O–H groups in total. The molecule has 3 aromatic rings. The summed E-state index contributed by atoms with van der Waals surface area (Å²) in [6, 6.07) is 6.71. The van der Waals surface area contributed by atoms with Gasteiger partial charge in [0.1, 0.15) is 5.82 Å². The van der Waals surface area contributed by atoms with Gasteiger partial charge in [0.2, 0.25) is 0 Å². The standard InChI is InChI=1S/C19H23N5O4S/c1-2-16-20-11-17(24(16)12-13-7-8-13)29(27,28)21-9-10-23-18(25)14-5-3-4-6-15(14)22-19(23)26/h3-6,11,13,21H,2,7-10,12H2,1H3,(H,22,26). The van der Waals surface area contributed by atoms with Gasteiger partial charge in [-0.15, -0.1) is 0 Å². The van der Waals surface area contributed by atoms with Crippen molar-refractivity contribution >= 4 is 20.9 Å². The van der Waals surface area contributed by atoms with Gasteiger partial charge in [0.15, 0.2) is 5.03 Å². The van der Waals surface area contributed by atoms with Crippen molar-refractivity contribution in [2.24, 2.45) is 5.92 Å². The van der Waals surface area contributed by atoms with Crippen molar-refractivity contribution in [2.75, 3.05) is 6.54 Å². The molecule has 2 aromatic heterocycles. The minimum absolute atomic E-state index is 0.0738. The van der Waals surface area contributed by atoms with Gasteiger partial charge in [-0.1, -0.05) is 19.1 Å². The maximum Gasteiger partial charge on any atom is 0.328 e. The highest BCUT2D eigenvalue weighted by Gasteiger charge is 2.28. The van der Waals surface area contributed by atoms with Crippen molar-refractivity contribution in [1.82, 2.24) is 23.8 Å². The molecule has 0 radical (unpaired) electrons. The Morgan fingerprint density at radius 2 is 1.97 bits per heavy atom. The maximum absolute atomic E-state index is 12.8. The number of aromatic nitrogens is 4. The zero-order chi connectivity index (χ0) is 20.6. The van der Waals surface area contributed by atoms with Crippen LogP contribution in [0.3, 0.4) is 0 Å². The van der Waals surface area contributed by atoms with E-state index in [0.29, 0.717) is 29.8 Å². The van der Waals surface area contributed by atoms with Gasteiger partial charge in [-0.05, 0) is 30.9 Å². The Labute approximate surface area is 167 Å². The molecule has 0 spiro atoms. The van der Waals surface area contributed by atoms with Crippen LogP contribution < -0.4 is 16.0 Å². The van der Waals surface area contributed by atoms with E-state index in [4.69, 9.17) is 0 Å². The highest BCUT2D eigenvalue weighted by Crippen LogP contribution is 2.32. The molecule has 1 aliphatic carbocycles. The molecule has 1 aliphatic rings. The maximum atomic E-state index is 12.8. The number of aromatic amines is 1. The number of H-pyrrole nitrogens is 1. The average Bonchev–Trinajstić information content (AvgIpc) is 3.41. The van der Waals surface area contributed by atoms with Crippen molar-refractivity contribution in [2.45, 2.75) is 44.3 Å². The number of benzene rings is 1. The smallest absolute Gasteiger partial charge is 0.318 e. The number of aryl methyl sites for hydroxylation is 1. The first-order valence-electron chi connectivity index (χ1n) is 9.66. The molecule has 1 fully saturated rings. The Hall–Kier alpha value is -2.72. The van der Waals surface area contributed by atoms with Gasteiger partial charge < -0.3 is 9.55 Å². The summed E-state index contributed by atoms with van der Waals surface area (Å²) in [6.45, 7) is 2.42. The van der Waals surface area contributed by atoms with Crippen LogP contribution >= 0.6 is 0 Å². The molecular formula is C19H23N5O4S. The Kier molecular flexibility index (Phi) is 5.13. The van der Waals surface area contributed by atoms with Gasteiger partial charge in [0.05, 0.1) is 17.1 Å². The number of imidazole rings is 1. The Morgan fingerprint density at radius 3 is 2.69 bits per heavy atom. The van der Waals surface area contributed by atoms with Gasteiger partial charge in [0, 0.05) is 26.1 Å². The predicted molar refractivity (Wildman–Crippen MR) is 108 cm³/mol. The molecule has 1 aromatic carbocycles. The molecule has 4 rings (SSSR count). The summed E-state index contributed by atoms with van der Waals surface area (Å²) in [7, 11) is -3.81. The van der Waals surface area contributed by atoms with Crippen LogP contribution in [0.1, 0.15) is 25.6 Å². The van der Waals surface area contributed by atoms with Crippen LogP contribution in [0.15, 0.2) is 45.1 Å². The normalized spacial score (nSPS) is 14.5. The lowest BCUT2D eigenvalue weighted by molar-refractivity contribution is 0.525. The summed E-state index contributed by atoms with van der Waals surface area (Å²) >= 11 is 0. The molecule has 10 heteroatoms. The first-order chi connectivity index (χ1) is 13.9. The second-order valence-corrected chi connectivity index (χ2v) is 8.96. The lowest BCUT2D eigenvalue weighted by atomic mass is 10.2. The second-order valence-electron chi connectivity index (χ2n) is 7.25. The van der Waals surface area contributed by atoms with Crippen LogP contribution in [0.5, 0.6) is 0 Å². The number of para-hydroxylation sites is 1. The summed E-state index contributed by atoms with van der Waals surface area (Å²) in [5, 5.41) is 0.506. The third-order valence-corrected chi connectivity index (χ3v) is 6.61. The molecule has 0 bridgehead atoms. The first kappa shape index (κ1) is 19.6. The second kappa shape index (κ2) is 7.60. The lowest BCUT2D eigenvalue weighted by Crippen LogP contribution is -2.39. The van der Waals surface area contributed by atoms with Gasteiger partial charge in [0.25, 0.3) is 15.6 Å². The van der Waals surface area contributed by atoms with Crippen LogP contribution in [0.2, 0.25) is 0 Å². The molecule has 9 nitrogen and oxygen atoms in total. The number of rotatable bonds is 8. The molecule has 154 valence electrons. The lowest BCUT2D eigenvalue weighted by Gasteiger charge is -2.12. The zero-order valence-electron chi connectivity index (χ0n) is 16.1. The molecule has 2 heterocycles. The van der Waals surface area contributed by atoms with Gasteiger partial charge in [-0.25, -0.2) is 22.9 Å². The van der Waals surface area contributed by atoms with E-state index in [2.05, 4.69) is 14.7 Å². The highest BCUT2D eigenvalue weighted by atomic mass is 32.2. The van der Waals surface area contributed by atoms with E-state index in [1.165, 1.54) is 6.20 Å². The molecule has 0 atom stereocenters. The number of nitrogens with zero attached hydrogens (tertiary/aromatic N) is 3. The van der Waals surface area contributed by atoms with E-state index in [0.717, 1.165) is 23.2 Å². The van der Waals surface area contributed by atoms with Crippen molar-refractivity contribution in [1.29, 1.82) is 0 Å². The van der Waals surface area contributed by atoms with E-state index < -0.39 is 21.3 Å². The summed E-state index contributed by atoms with van der Waals surface area (Å²) in [4.78, 5) is 31.7. The largest absolute Gasteiger partial charge is 0.328 e. The van der Waals surface area contributed by atoms with Crippen molar-refractivity contribution in [3.05, 3.63) is 57.1 Å². The van der Waals surface area contributed by atoms with Crippen LogP contribution in [-0.2, 0) is 29.5 Å². The molecule has 0 amide bonds. The van der Waals surface area contributed by atoms with Gasteiger partial charge >= 0.3 is 5.69 Å². The molecule has 29 heavy (non-hydrogen) atoms. The minimum Gasteiger partial charge on any atom is -0.318 e. The van der Waals surface area contributed by atoms with Crippen LogP contribution in [0.25, 0.3) is 10.9 Å². The average molecular weight is 417 g/mol. The zero-order valence-corrected chi connectivity index (χ0v) is 16.9. The number of fused-ring (bicyclic) bond motifs is 1. The van der Waals surface area contributed by atoms with Gasteiger partial charge in [-0.2, -0.15) is 0 Å². The molecular weight excluding hydrogens is 394 g/mol. The third kappa shape index (κ3) is 3.90. The third-order valence-electron chi connectivity index (χ3n) is 5.15. The Balaban J connectivity index is 1.54. The van der Waals surface area contributed by atoms with E-state index in [-0.39, 0.29) is 18.1 Å². The van der Waals surface area contributed by atoms with Crippen molar-refractivity contribution < 1.29 is 8.42 Å². The first-order valence-corrected chi connectivity index (χ1v) is 11.1. The number of hydrogen-bond acceptors (Lipinski definition) is 5. The minimum atomic E-state index is -3.81. The van der Waals surface area contributed by atoms with E-state index >= 15 is 0 Å². The highest BCUT2D eigenvalue weighted by molar-refractivity contribution is 7.89. The fourth-order valence-electron chi connectivity index (χ4n) is 3.41.